The Morgan fingerprint density at radius 1 is 1.00 bits per heavy atom. The average molecular weight is 505 g/mol. The molecular formula is C7H11N3W2. The van der Waals surface area contributed by atoms with Crippen LogP contribution in [0.4, 0.5) is 0 Å². The molecule has 0 atom stereocenters. The Kier molecular flexibility index (Phi) is 2.53. The summed E-state index contributed by atoms with van der Waals surface area (Å²) in [5.74, 6) is 0. The third kappa shape index (κ3) is 1.26. The zero-order valence-corrected chi connectivity index (χ0v) is 12.9. The van der Waals surface area contributed by atoms with E-state index in [1.54, 1.807) is 38.7 Å². The fraction of sp³-hybridized carbons (Fsp3) is 0.714. The van der Waals surface area contributed by atoms with Gasteiger partial charge in [0.25, 0.3) is 0 Å². The summed E-state index contributed by atoms with van der Waals surface area (Å²) < 4.78 is 10.2. The summed E-state index contributed by atoms with van der Waals surface area (Å²) in [7, 11) is 2.18. The summed E-state index contributed by atoms with van der Waals surface area (Å²) in [5.41, 5.74) is 0. The van der Waals surface area contributed by atoms with E-state index in [1.165, 1.54) is 33.5 Å². The molecule has 3 nitrogen and oxygen atoms in total. The van der Waals surface area contributed by atoms with Gasteiger partial charge in [-0.15, -0.1) is 0 Å². The maximum atomic E-state index is 2.45. The molecule has 0 spiro atoms. The van der Waals surface area contributed by atoms with Gasteiger partial charge in [-0.3, -0.25) is 0 Å². The Hall–Kier alpha value is 0.517. The van der Waals surface area contributed by atoms with Crippen LogP contribution in [-0.2, 0) is 58.8 Å². The van der Waals surface area contributed by atoms with Gasteiger partial charge in [-0.1, -0.05) is 0 Å². The molecule has 0 saturated heterocycles. The standard InChI is InChI=1S/C7H11N3.2W/c1-8-6-9-4-2-3-5-10(9)7-8;;/h2-5H2,1H3;;. The number of hydrogen-bond acceptors (Lipinski definition) is 0. The molecular weight excluding hydrogens is 494 g/mol. The van der Waals surface area contributed by atoms with Crippen LogP contribution in [0.2, 0.25) is 0 Å². The minimum absolute atomic E-state index is 1.22. The van der Waals surface area contributed by atoms with E-state index in [2.05, 4.69) is 21.0 Å². The van der Waals surface area contributed by atoms with E-state index < -0.39 is 0 Å². The Labute approximate surface area is 92.8 Å². The second-order valence-electron chi connectivity index (χ2n) is 3.08. The van der Waals surface area contributed by atoms with Gasteiger partial charge in [-0.05, 0) is 0 Å². The van der Waals surface area contributed by atoms with Gasteiger partial charge in [0.15, 0.2) is 0 Å². The van der Waals surface area contributed by atoms with E-state index >= 15 is 0 Å². The Morgan fingerprint density at radius 2 is 1.42 bits per heavy atom. The molecule has 1 aliphatic rings. The van der Waals surface area contributed by atoms with Gasteiger partial charge >= 0.3 is 93.2 Å². The van der Waals surface area contributed by atoms with Crippen molar-refractivity contribution in [1.82, 2.24) is 13.9 Å². The Morgan fingerprint density at radius 3 is 1.83 bits per heavy atom. The zero-order chi connectivity index (χ0) is 8.72. The van der Waals surface area contributed by atoms with Crippen molar-refractivity contribution in [2.45, 2.75) is 25.9 Å². The van der Waals surface area contributed by atoms with Gasteiger partial charge in [0, 0.05) is 0 Å². The predicted octanol–water partition coefficient (Wildman–Crippen LogP) is 0.579. The van der Waals surface area contributed by atoms with E-state index in [0.29, 0.717) is 0 Å². The molecule has 0 aromatic carbocycles. The number of rotatable bonds is 0. The first-order chi connectivity index (χ1) is 5.72. The number of hydrogen-bond donors (Lipinski definition) is 0. The van der Waals surface area contributed by atoms with Crippen LogP contribution >= 0.6 is 0 Å². The van der Waals surface area contributed by atoms with E-state index in [0.717, 1.165) is 0 Å². The molecule has 1 aromatic rings. The van der Waals surface area contributed by atoms with E-state index in [4.69, 9.17) is 0 Å². The van der Waals surface area contributed by atoms with Gasteiger partial charge in [0.1, 0.15) is 0 Å². The third-order valence-electron chi connectivity index (χ3n) is 2.30. The van der Waals surface area contributed by atoms with Gasteiger partial charge in [0.05, 0.1) is 0 Å². The van der Waals surface area contributed by atoms with Crippen molar-refractivity contribution in [2.75, 3.05) is 0 Å². The summed E-state index contributed by atoms with van der Waals surface area (Å²) in [6, 6.07) is 0. The third-order valence-corrected chi connectivity index (χ3v) is 5.78. The summed E-state index contributed by atoms with van der Waals surface area (Å²) in [6.45, 7) is 2.44. The van der Waals surface area contributed by atoms with Crippen LogP contribution in [0.15, 0.2) is 0 Å². The van der Waals surface area contributed by atoms with Crippen molar-refractivity contribution < 1.29 is 38.7 Å². The van der Waals surface area contributed by atoms with Crippen LogP contribution in [0, 0.1) is 7.61 Å². The Bertz CT molecular complexity index is 372. The predicted molar refractivity (Wildman–Crippen MR) is 37.1 cm³/mol. The molecule has 0 bridgehead atoms. The first kappa shape index (κ1) is 9.09. The van der Waals surface area contributed by atoms with Gasteiger partial charge in [-0.25, -0.2) is 0 Å². The van der Waals surface area contributed by atoms with Crippen LogP contribution in [0.25, 0.3) is 0 Å². The first-order valence-electron chi connectivity index (χ1n) is 4.08. The maximum absolute atomic E-state index is 2.45. The van der Waals surface area contributed by atoms with Gasteiger partial charge in [0.2, 0.25) is 0 Å². The van der Waals surface area contributed by atoms with Crippen molar-refractivity contribution in [1.29, 1.82) is 0 Å². The van der Waals surface area contributed by atoms with E-state index in [1.807, 2.05) is 0 Å². The van der Waals surface area contributed by atoms with Crippen LogP contribution < -0.4 is 0 Å². The molecule has 2 rings (SSSR count). The second kappa shape index (κ2) is 3.34. The van der Waals surface area contributed by atoms with Crippen LogP contribution in [0.3, 0.4) is 0 Å². The van der Waals surface area contributed by atoms with Crippen LogP contribution in [0.1, 0.15) is 12.8 Å². The first-order valence-corrected chi connectivity index (χ1v) is 7.02. The summed E-state index contributed by atoms with van der Waals surface area (Å²) in [5, 5.41) is 0. The van der Waals surface area contributed by atoms with Crippen molar-refractivity contribution >= 4 is 0 Å². The zero-order valence-electron chi connectivity index (χ0n) is 6.99. The minimum atomic E-state index is 1.22. The molecule has 12 heavy (non-hydrogen) atoms. The molecule has 1 aliphatic heterocycles. The van der Waals surface area contributed by atoms with Crippen molar-refractivity contribution in [3.8, 4) is 0 Å². The topological polar surface area (TPSA) is 14.8 Å². The van der Waals surface area contributed by atoms with Crippen molar-refractivity contribution in [2.24, 2.45) is 7.05 Å². The molecule has 0 amide bonds. The molecule has 0 N–H and O–H groups in total. The Balaban J connectivity index is 2.77. The fourth-order valence-electron chi connectivity index (χ4n) is 1.59. The fourth-order valence-corrected chi connectivity index (χ4v) is 4.48. The number of fused-ring (bicyclic) bond motifs is 1. The molecule has 0 radical (unpaired) electrons. The van der Waals surface area contributed by atoms with Crippen LogP contribution in [0.5, 0.6) is 0 Å². The second-order valence-corrected chi connectivity index (χ2v) is 5.70. The molecule has 5 heteroatoms. The van der Waals surface area contributed by atoms with Crippen LogP contribution in [-0.4, -0.2) is 13.9 Å². The molecule has 0 unspecified atom stereocenters. The van der Waals surface area contributed by atoms with Gasteiger partial charge in [-0.2, -0.15) is 0 Å². The van der Waals surface area contributed by atoms with Crippen molar-refractivity contribution in [3.05, 3.63) is 7.61 Å². The number of aromatic nitrogens is 3. The summed E-state index contributed by atoms with van der Waals surface area (Å²) >= 11 is 3.16. The van der Waals surface area contributed by atoms with E-state index in [-0.39, 0.29) is 0 Å². The molecule has 1 aromatic heterocycles. The molecule has 0 aliphatic carbocycles. The summed E-state index contributed by atoms with van der Waals surface area (Å²) in [4.78, 5) is 0. The molecule has 0 saturated carbocycles. The molecule has 2 heterocycles. The normalized spacial score (nSPS) is 16.1. The monoisotopic (exact) mass is 505 g/mol. The summed E-state index contributed by atoms with van der Waals surface area (Å²) in [6.07, 6.45) is 2.70. The number of nitrogens with zero attached hydrogens (tertiary/aromatic N) is 3. The SMILES string of the molecule is Cn1[c](=[W])n2n([c]1=[W])CCCC2. The molecule has 66 valence electrons. The quantitative estimate of drug-likeness (QED) is 0.491. The van der Waals surface area contributed by atoms with Crippen molar-refractivity contribution in [3.63, 3.8) is 0 Å². The average Bonchev–Trinajstić information content (AvgIpc) is 2.33. The van der Waals surface area contributed by atoms with Gasteiger partial charge < -0.3 is 0 Å². The molecule has 0 fully saturated rings. The van der Waals surface area contributed by atoms with E-state index in [9.17, 15) is 0 Å².